The Labute approximate surface area is 130 Å². The molecule has 1 aromatic heterocycles. The van der Waals surface area contributed by atoms with Gasteiger partial charge in [-0.05, 0) is 6.92 Å². The maximum Gasteiger partial charge on any atom is 0.272 e. The number of thiophene rings is 1. The summed E-state index contributed by atoms with van der Waals surface area (Å²) in [5.74, 6) is -0.621. The zero-order valence-corrected chi connectivity index (χ0v) is 13.7. The van der Waals surface area contributed by atoms with Crippen LogP contribution in [0.3, 0.4) is 0 Å². The van der Waals surface area contributed by atoms with Crippen LogP contribution in [0.25, 0.3) is 0 Å². The van der Waals surface area contributed by atoms with Gasteiger partial charge >= 0.3 is 0 Å². The van der Waals surface area contributed by atoms with Crippen molar-refractivity contribution in [1.82, 2.24) is 4.31 Å². The highest BCUT2D eigenvalue weighted by molar-refractivity contribution is 7.91. The summed E-state index contributed by atoms with van der Waals surface area (Å²) in [6.45, 7) is 1.86. The van der Waals surface area contributed by atoms with Crippen molar-refractivity contribution in [2.75, 3.05) is 26.0 Å². The summed E-state index contributed by atoms with van der Waals surface area (Å²) < 4.78 is 29.8. The van der Waals surface area contributed by atoms with E-state index in [4.69, 9.17) is 4.74 Å². The van der Waals surface area contributed by atoms with Gasteiger partial charge in [0.25, 0.3) is 20.9 Å². The SMILES string of the molecule is CCOc1c(Nc2csc(S(=O)(=O)N(C)C)c2O)c(=O)c1=O. The molecule has 8 nitrogen and oxygen atoms in total. The molecule has 0 unspecified atom stereocenters. The van der Waals surface area contributed by atoms with Crippen molar-refractivity contribution in [3.05, 3.63) is 25.8 Å². The molecule has 120 valence electrons. The highest BCUT2D eigenvalue weighted by Gasteiger charge is 2.28. The van der Waals surface area contributed by atoms with Crippen LogP contribution in [0.1, 0.15) is 6.92 Å². The van der Waals surface area contributed by atoms with E-state index in [0.29, 0.717) is 0 Å². The second-order valence-corrected chi connectivity index (χ2v) is 7.72. The van der Waals surface area contributed by atoms with E-state index in [2.05, 4.69) is 5.32 Å². The van der Waals surface area contributed by atoms with Crippen LogP contribution in [-0.2, 0) is 10.0 Å². The van der Waals surface area contributed by atoms with E-state index < -0.39 is 26.6 Å². The van der Waals surface area contributed by atoms with Crippen molar-refractivity contribution in [3.8, 4) is 11.5 Å². The normalized spacial score (nSPS) is 12.0. The van der Waals surface area contributed by atoms with E-state index in [-0.39, 0.29) is 27.9 Å². The third-order valence-corrected chi connectivity index (χ3v) is 6.17. The van der Waals surface area contributed by atoms with Crippen LogP contribution >= 0.6 is 11.3 Å². The van der Waals surface area contributed by atoms with E-state index >= 15 is 0 Å². The average Bonchev–Trinajstić information content (AvgIpc) is 2.83. The molecule has 10 heteroatoms. The summed E-state index contributed by atoms with van der Waals surface area (Å²) >= 11 is 0.803. The summed E-state index contributed by atoms with van der Waals surface area (Å²) in [6.07, 6.45) is 0. The van der Waals surface area contributed by atoms with Crippen LogP contribution in [0, 0.1) is 0 Å². The second kappa shape index (κ2) is 5.71. The van der Waals surface area contributed by atoms with Crippen LogP contribution < -0.4 is 20.9 Å². The van der Waals surface area contributed by atoms with Crippen LogP contribution in [0.2, 0.25) is 0 Å². The minimum absolute atomic E-state index is 0.0264. The Morgan fingerprint density at radius 2 is 1.95 bits per heavy atom. The molecular weight excluding hydrogens is 332 g/mol. The molecular formula is C12H14N2O6S2. The van der Waals surface area contributed by atoms with E-state index in [1.807, 2.05) is 0 Å². The number of nitrogens with one attached hydrogen (secondary N) is 1. The number of sulfonamides is 1. The molecule has 0 bridgehead atoms. The zero-order valence-electron chi connectivity index (χ0n) is 12.0. The van der Waals surface area contributed by atoms with E-state index in [1.165, 1.54) is 19.5 Å². The lowest BCUT2D eigenvalue weighted by atomic mass is 10.2. The summed E-state index contributed by atoms with van der Waals surface area (Å²) in [4.78, 5) is 22.9. The number of ether oxygens (including phenoxy) is 1. The first-order valence-corrected chi connectivity index (χ1v) is 8.49. The van der Waals surface area contributed by atoms with Crippen molar-refractivity contribution in [1.29, 1.82) is 0 Å². The number of aromatic hydroxyl groups is 1. The lowest BCUT2D eigenvalue weighted by Crippen LogP contribution is -2.35. The van der Waals surface area contributed by atoms with Gasteiger partial charge in [0, 0.05) is 19.5 Å². The van der Waals surface area contributed by atoms with Gasteiger partial charge in [-0.25, -0.2) is 12.7 Å². The molecule has 0 saturated heterocycles. The molecule has 0 atom stereocenters. The number of hydrogen-bond acceptors (Lipinski definition) is 8. The number of nitrogens with zero attached hydrogens (tertiary/aromatic N) is 1. The Kier molecular flexibility index (Phi) is 4.27. The zero-order chi connectivity index (χ0) is 16.7. The molecule has 0 spiro atoms. The Balaban J connectivity index is 2.38. The van der Waals surface area contributed by atoms with Crippen LogP contribution in [0.4, 0.5) is 11.4 Å². The predicted molar refractivity (Wildman–Crippen MR) is 82.7 cm³/mol. The van der Waals surface area contributed by atoms with Crippen molar-refractivity contribution >= 4 is 32.7 Å². The minimum atomic E-state index is -3.80. The van der Waals surface area contributed by atoms with Crippen LogP contribution in [0.15, 0.2) is 19.2 Å². The molecule has 2 aromatic rings. The lowest BCUT2D eigenvalue weighted by Gasteiger charge is -2.13. The molecule has 0 radical (unpaired) electrons. The lowest BCUT2D eigenvalue weighted by molar-refractivity contribution is 0.335. The predicted octanol–water partition coefficient (Wildman–Crippen LogP) is 0.442. The van der Waals surface area contributed by atoms with Crippen molar-refractivity contribution in [3.63, 3.8) is 0 Å². The minimum Gasteiger partial charge on any atom is -0.504 e. The van der Waals surface area contributed by atoms with E-state index in [1.54, 1.807) is 6.92 Å². The van der Waals surface area contributed by atoms with Crippen molar-refractivity contribution in [2.45, 2.75) is 11.1 Å². The van der Waals surface area contributed by atoms with Crippen molar-refractivity contribution < 1.29 is 18.3 Å². The summed E-state index contributed by atoms with van der Waals surface area (Å²) in [5.41, 5.74) is -1.58. The summed E-state index contributed by atoms with van der Waals surface area (Å²) in [6, 6.07) is 0. The van der Waals surface area contributed by atoms with Gasteiger partial charge < -0.3 is 15.2 Å². The second-order valence-electron chi connectivity index (χ2n) is 4.49. The van der Waals surface area contributed by atoms with Crippen LogP contribution in [-0.4, -0.2) is 38.5 Å². The fraction of sp³-hybridized carbons (Fsp3) is 0.333. The maximum absolute atomic E-state index is 12.0. The first-order valence-electron chi connectivity index (χ1n) is 6.17. The summed E-state index contributed by atoms with van der Waals surface area (Å²) in [5, 5.41) is 13.9. The Morgan fingerprint density at radius 1 is 1.32 bits per heavy atom. The van der Waals surface area contributed by atoms with Gasteiger partial charge in [-0.2, -0.15) is 0 Å². The smallest absolute Gasteiger partial charge is 0.272 e. The van der Waals surface area contributed by atoms with Gasteiger partial charge in [0.2, 0.25) is 0 Å². The molecule has 0 aliphatic heterocycles. The fourth-order valence-electron chi connectivity index (χ4n) is 1.67. The Bertz CT molecular complexity index is 874. The monoisotopic (exact) mass is 346 g/mol. The van der Waals surface area contributed by atoms with Gasteiger partial charge in [-0.1, -0.05) is 0 Å². The molecule has 2 N–H and O–H groups in total. The molecule has 22 heavy (non-hydrogen) atoms. The molecule has 0 aliphatic rings. The molecule has 0 fully saturated rings. The Hall–Kier alpha value is -1.91. The van der Waals surface area contributed by atoms with Gasteiger partial charge in [0.15, 0.2) is 15.7 Å². The standard InChI is InChI=1S/C12H14N2O6S2/c1-4-20-11-7(9(16)10(11)17)13-6-5-21-12(8(6)15)22(18,19)14(2)3/h5,13,15H,4H2,1-3H3. The molecule has 0 amide bonds. The number of anilines is 2. The van der Waals surface area contributed by atoms with Crippen LogP contribution in [0.5, 0.6) is 11.5 Å². The molecule has 1 heterocycles. The first-order chi connectivity index (χ1) is 10.2. The third kappa shape index (κ3) is 2.49. The number of rotatable bonds is 6. The van der Waals surface area contributed by atoms with Gasteiger partial charge in [0.1, 0.15) is 5.69 Å². The first kappa shape index (κ1) is 16.5. The van der Waals surface area contributed by atoms with Crippen molar-refractivity contribution in [2.24, 2.45) is 0 Å². The largest absolute Gasteiger partial charge is 0.504 e. The van der Waals surface area contributed by atoms with E-state index in [0.717, 1.165) is 15.6 Å². The van der Waals surface area contributed by atoms with Gasteiger partial charge in [-0.3, -0.25) is 9.59 Å². The number of hydrogen-bond donors (Lipinski definition) is 2. The van der Waals surface area contributed by atoms with E-state index in [9.17, 15) is 23.1 Å². The molecule has 2 rings (SSSR count). The van der Waals surface area contributed by atoms with Gasteiger partial charge in [0.05, 0.1) is 12.3 Å². The highest BCUT2D eigenvalue weighted by Crippen LogP contribution is 2.40. The average molecular weight is 346 g/mol. The maximum atomic E-state index is 12.0. The van der Waals surface area contributed by atoms with Gasteiger partial charge in [-0.15, -0.1) is 11.3 Å². The third-order valence-electron chi connectivity index (χ3n) is 2.86. The topological polar surface area (TPSA) is 113 Å². The Morgan fingerprint density at radius 3 is 2.50 bits per heavy atom. The highest BCUT2D eigenvalue weighted by atomic mass is 32.2. The quantitative estimate of drug-likeness (QED) is 0.730. The summed E-state index contributed by atoms with van der Waals surface area (Å²) in [7, 11) is -1.12. The molecule has 0 aliphatic carbocycles. The molecule has 1 aromatic carbocycles. The molecule has 0 saturated carbocycles. The fourth-order valence-corrected chi connectivity index (χ4v) is 4.05.